The molecule has 2 N–H and O–H groups in total. The second-order valence-electron chi connectivity index (χ2n) is 1.18. The number of rotatable bonds is 2. The Hall–Kier alpha value is -0.570. The zero-order valence-electron chi connectivity index (χ0n) is 4.26. The Kier molecular flexibility index (Phi) is 3.32. The van der Waals surface area contributed by atoms with Crippen LogP contribution in [0, 0.1) is 0 Å². The van der Waals surface area contributed by atoms with Gasteiger partial charge in [-0.05, 0) is 6.42 Å². The minimum absolute atomic E-state index is 0.146. The molecule has 0 rings (SSSR count). The van der Waals surface area contributed by atoms with Gasteiger partial charge in [-0.25, -0.2) is 0 Å². The molecule has 0 aliphatic heterocycles. The zero-order valence-corrected chi connectivity index (χ0v) is 4.26. The van der Waals surface area contributed by atoms with Gasteiger partial charge in [-0.1, -0.05) is 12.1 Å². The summed E-state index contributed by atoms with van der Waals surface area (Å²) < 4.78 is 0. The van der Waals surface area contributed by atoms with Crippen molar-refractivity contribution in [1.82, 2.24) is 0 Å². The number of hydrogen-bond donors (Lipinski definition) is 2. The van der Waals surface area contributed by atoms with Crippen LogP contribution in [0.5, 0.6) is 0 Å². The second-order valence-corrected chi connectivity index (χ2v) is 1.18. The molecule has 0 amide bonds. The van der Waals surface area contributed by atoms with Gasteiger partial charge in [0.1, 0.15) is 0 Å². The van der Waals surface area contributed by atoms with Crippen molar-refractivity contribution in [3.8, 4) is 0 Å². The lowest BCUT2D eigenvalue weighted by molar-refractivity contribution is 0.301. The third kappa shape index (κ3) is 2.17. The monoisotopic (exact) mass is 103 g/mol. The summed E-state index contributed by atoms with van der Waals surface area (Å²) in [4.78, 5) is 0. The van der Waals surface area contributed by atoms with Gasteiger partial charge in [0.15, 0.2) is 0 Å². The number of oxime groups is 1. The van der Waals surface area contributed by atoms with E-state index in [2.05, 4.69) is 5.16 Å². The summed E-state index contributed by atoms with van der Waals surface area (Å²) in [6.45, 7) is 1.66. The highest BCUT2D eigenvalue weighted by Crippen LogP contribution is 1.79. The third-order valence-corrected chi connectivity index (χ3v) is 0.732. The number of nitrogens with zero attached hydrogens (tertiary/aromatic N) is 1. The summed E-state index contributed by atoms with van der Waals surface area (Å²) in [5.74, 6) is 0. The van der Waals surface area contributed by atoms with Crippen molar-refractivity contribution in [2.24, 2.45) is 5.16 Å². The summed E-state index contributed by atoms with van der Waals surface area (Å²) in [5, 5.41) is 19.0. The molecular weight excluding hydrogens is 94.0 g/mol. The van der Waals surface area contributed by atoms with Gasteiger partial charge in [0, 0.05) is 0 Å². The molecule has 7 heavy (non-hydrogen) atoms. The Morgan fingerprint density at radius 3 is 2.29 bits per heavy atom. The Morgan fingerprint density at radius 1 is 1.71 bits per heavy atom. The van der Waals surface area contributed by atoms with Gasteiger partial charge >= 0.3 is 0 Å². The van der Waals surface area contributed by atoms with Crippen LogP contribution in [0.2, 0.25) is 0 Å². The van der Waals surface area contributed by atoms with Gasteiger partial charge in [-0.2, -0.15) is 0 Å². The molecule has 0 saturated heterocycles. The predicted octanol–water partition coefficient (Wildman–Crippen LogP) is 0.219. The Morgan fingerprint density at radius 2 is 2.29 bits per heavy atom. The Balaban J connectivity index is 3.38. The summed E-state index contributed by atoms with van der Waals surface area (Å²) in [6.07, 6.45) is 0.604. The van der Waals surface area contributed by atoms with Crippen LogP contribution in [-0.2, 0) is 0 Å². The molecule has 3 heteroatoms. The van der Waals surface area contributed by atoms with Crippen LogP contribution < -0.4 is 0 Å². The van der Waals surface area contributed by atoms with Crippen LogP contribution in [0.3, 0.4) is 0 Å². The first-order valence-electron chi connectivity index (χ1n) is 2.15. The zero-order chi connectivity index (χ0) is 5.70. The quantitative estimate of drug-likeness (QED) is 0.298. The minimum Gasteiger partial charge on any atom is -0.411 e. The predicted molar refractivity (Wildman–Crippen MR) is 26.6 cm³/mol. The van der Waals surface area contributed by atoms with Crippen LogP contribution in [-0.4, -0.2) is 22.6 Å². The molecule has 0 atom stereocenters. The standard InChI is InChI=1S/C4H9NO2/c1-2-4(3-6)5-7/h6-7H,2-3H2,1H3. The summed E-state index contributed by atoms with van der Waals surface area (Å²) in [7, 11) is 0. The molecule has 0 aromatic rings. The van der Waals surface area contributed by atoms with Gasteiger partial charge < -0.3 is 10.3 Å². The molecule has 0 aromatic carbocycles. The normalized spacial score (nSPS) is 12.0. The van der Waals surface area contributed by atoms with Gasteiger partial charge in [0.05, 0.1) is 12.3 Å². The van der Waals surface area contributed by atoms with Crippen LogP contribution in [0.4, 0.5) is 0 Å². The van der Waals surface area contributed by atoms with Crippen LogP contribution in [0.25, 0.3) is 0 Å². The molecule has 0 saturated carbocycles. The summed E-state index contributed by atoms with van der Waals surface area (Å²) in [5.41, 5.74) is 0.417. The van der Waals surface area contributed by atoms with Gasteiger partial charge in [0.2, 0.25) is 0 Å². The average molecular weight is 103 g/mol. The van der Waals surface area contributed by atoms with E-state index in [9.17, 15) is 0 Å². The topological polar surface area (TPSA) is 52.8 Å². The van der Waals surface area contributed by atoms with Gasteiger partial charge in [0.25, 0.3) is 0 Å². The molecule has 0 unspecified atom stereocenters. The lowest BCUT2D eigenvalue weighted by Crippen LogP contribution is -2.00. The summed E-state index contributed by atoms with van der Waals surface area (Å²) in [6, 6.07) is 0. The number of aliphatic hydroxyl groups excluding tert-OH is 1. The SMILES string of the molecule is CCC(CO)=NO. The molecule has 0 aliphatic carbocycles. The average Bonchev–Trinajstić information content (AvgIpc) is 1.72. The lowest BCUT2D eigenvalue weighted by Gasteiger charge is -1.89. The molecule has 0 bridgehead atoms. The fourth-order valence-electron chi connectivity index (χ4n) is 0.214. The van der Waals surface area contributed by atoms with E-state index in [1.807, 2.05) is 6.92 Å². The largest absolute Gasteiger partial charge is 0.411 e. The number of hydrogen-bond acceptors (Lipinski definition) is 3. The minimum atomic E-state index is -0.146. The van der Waals surface area contributed by atoms with Crippen molar-refractivity contribution < 1.29 is 10.3 Å². The molecule has 0 heterocycles. The first kappa shape index (κ1) is 6.43. The van der Waals surface area contributed by atoms with Crippen LogP contribution >= 0.6 is 0 Å². The van der Waals surface area contributed by atoms with E-state index in [1.54, 1.807) is 0 Å². The van der Waals surface area contributed by atoms with E-state index >= 15 is 0 Å². The molecule has 0 radical (unpaired) electrons. The first-order chi connectivity index (χ1) is 3.35. The summed E-state index contributed by atoms with van der Waals surface area (Å²) >= 11 is 0. The van der Waals surface area contributed by atoms with Gasteiger partial charge in [-0.3, -0.25) is 0 Å². The molecule has 42 valence electrons. The van der Waals surface area contributed by atoms with Crippen molar-refractivity contribution in [3.63, 3.8) is 0 Å². The molecule has 0 aliphatic rings. The molecule has 3 nitrogen and oxygen atoms in total. The van der Waals surface area contributed by atoms with Crippen molar-refractivity contribution in [1.29, 1.82) is 0 Å². The van der Waals surface area contributed by atoms with E-state index in [0.29, 0.717) is 12.1 Å². The third-order valence-electron chi connectivity index (χ3n) is 0.732. The van der Waals surface area contributed by atoms with Crippen molar-refractivity contribution in [2.45, 2.75) is 13.3 Å². The fraction of sp³-hybridized carbons (Fsp3) is 0.750. The Labute approximate surface area is 42.3 Å². The highest BCUT2D eigenvalue weighted by molar-refractivity contribution is 5.84. The Bertz CT molecular complexity index is 64.1. The maximum absolute atomic E-state index is 8.24. The van der Waals surface area contributed by atoms with Crippen LogP contribution in [0.15, 0.2) is 5.16 Å². The highest BCUT2D eigenvalue weighted by Gasteiger charge is 1.88. The van der Waals surface area contributed by atoms with E-state index in [-0.39, 0.29) is 6.61 Å². The van der Waals surface area contributed by atoms with Gasteiger partial charge in [-0.15, -0.1) is 0 Å². The van der Waals surface area contributed by atoms with E-state index in [1.165, 1.54) is 0 Å². The molecule has 0 aromatic heterocycles. The van der Waals surface area contributed by atoms with E-state index in [4.69, 9.17) is 10.3 Å². The molecule has 0 spiro atoms. The molecule has 0 fully saturated rings. The maximum atomic E-state index is 8.24. The van der Waals surface area contributed by atoms with Crippen molar-refractivity contribution in [3.05, 3.63) is 0 Å². The van der Waals surface area contributed by atoms with E-state index in [0.717, 1.165) is 0 Å². The lowest BCUT2D eigenvalue weighted by atomic mass is 10.3. The van der Waals surface area contributed by atoms with Crippen molar-refractivity contribution in [2.75, 3.05) is 6.61 Å². The van der Waals surface area contributed by atoms with E-state index < -0.39 is 0 Å². The smallest absolute Gasteiger partial charge is 0.0846 e. The number of aliphatic hydroxyl groups is 1. The second kappa shape index (κ2) is 3.61. The highest BCUT2D eigenvalue weighted by atomic mass is 16.4. The fourth-order valence-corrected chi connectivity index (χ4v) is 0.214. The van der Waals surface area contributed by atoms with Crippen LogP contribution in [0.1, 0.15) is 13.3 Å². The molecular formula is C4H9NO2. The van der Waals surface area contributed by atoms with Crippen molar-refractivity contribution >= 4 is 5.71 Å². The maximum Gasteiger partial charge on any atom is 0.0846 e. The first-order valence-corrected chi connectivity index (χ1v) is 2.15.